The van der Waals surface area contributed by atoms with Gasteiger partial charge in [-0.3, -0.25) is 19.4 Å². The van der Waals surface area contributed by atoms with E-state index in [0.717, 1.165) is 43.3 Å². The molecule has 3 rings (SSSR count). The van der Waals surface area contributed by atoms with E-state index in [1.165, 1.54) is 11.3 Å². The van der Waals surface area contributed by atoms with Crippen LogP contribution in [0.3, 0.4) is 0 Å². The number of piperidine rings is 1. The van der Waals surface area contributed by atoms with Crippen LogP contribution in [0.2, 0.25) is 0 Å². The highest BCUT2D eigenvalue weighted by atomic mass is 32.2. The van der Waals surface area contributed by atoms with E-state index in [4.69, 9.17) is 9.47 Å². The summed E-state index contributed by atoms with van der Waals surface area (Å²) < 4.78 is 10.8. The van der Waals surface area contributed by atoms with Crippen molar-refractivity contribution in [2.24, 2.45) is 0 Å². The number of benzene rings is 1. The molecule has 2 saturated heterocycles. The number of nitrogens with zero attached hydrogens (tertiary/aromatic N) is 2. The Labute approximate surface area is 158 Å². The minimum Gasteiger partial charge on any atom is -0.493 e. The van der Waals surface area contributed by atoms with E-state index in [1.807, 2.05) is 25.1 Å². The molecule has 26 heavy (non-hydrogen) atoms. The summed E-state index contributed by atoms with van der Waals surface area (Å²) in [7, 11) is 1.58. The number of carbonyl (C=O) groups excluding carboxylic acids is 2. The second-order valence-corrected chi connectivity index (χ2v) is 7.27. The zero-order valence-electron chi connectivity index (χ0n) is 15.2. The Morgan fingerprint density at radius 1 is 1.15 bits per heavy atom. The summed E-state index contributed by atoms with van der Waals surface area (Å²) >= 11 is 0.993. The van der Waals surface area contributed by atoms with Crippen LogP contribution in [0.4, 0.5) is 4.79 Å². The fourth-order valence-corrected chi connectivity index (χ4v) is 3.95. The van der Waals surface area contributed by atoms with Gasteiger partial charge in [0.15, 0.2) is 11.5 Å². The van der Waals surface area contributed by atoms with Crippen molar-refractivity contribution in [3.05, 3.63) is 28.7 Å². The maximum absolute atomic E-state index is 12.7. The number of likely N-dealkylation sites (tertiary alicyclic amines) is 1. The standard InChI is InChI=1S/C19H24N2O4S/c1-3-25-15-8-7-14(11-16(15)24-2)12-17-18(22)21(19(23)26-17)13-20-9-5-4-6-10-20/h7-8,11-12H,3-6,9-10,13H2,1-2H3. The van der Waals surface area contributed by atoms with Gasteiger partial charge in [0.1, 0.15) is 0 Å². The second-order valence-electron chi connectivity index (χ2n) is 6.27. The van der Waals surface area contributed by atoms with E-state index in [2.05, 4.69) is 4.90 Å². The van der Waals surface area contributed by atoms with E-state index >= 15 is 0 Å². The summed E-state index contributed by atoms with van der Waals surface area (Å²) in [6, 6.07) is 5.47. The largest absolute Gasteiger partial charge is 0.493 e. The predicted molar refractivity (Wildman–Crippen MR) is 102 cm³/mol. The van der Waals surface area contributed by atoms with Gasteiger partial charge < -0.3 is 9.47 Å². The third-order valence-electron chi connectivity index (χ3n) is 4.45. The molecule has 2 amide bonds. The topological polar surface area (TPSA) is 59.1 Å². The molecule has 0 atom stereocenters. The lowest BCUT2D eigenvalue weighted by molar-refractivity contribution is -0.124. The van der Waals surface area contributed by atoms with Crippen molar-refractivity contribution < 1.29 is 19.1 Å². The maximum Gasteiger partial charge on any atom is 0.294 e. The molecule has 2 heterocycles. The smallest absolute Gasteiger partial charge is 0.294 e. The fraction of sp³-hybridized carbons (Fsp3) is 0.474. The lowest BCUT2D eigenvalue weighted by Gasteiger charge is -2.29. The molecule has 0 bridgehead atoms. The Bertz CT molecular complexity index is 713. The minimum absolute atomic E-state index is 0.204. The van der Waals surface area contributed by atoms with E-state index in [-0.39, 0.29) is 11.1 Å². The fourth-order valence-electron chi connectivity index (χ4n) is 3.12. The number of thioether (sulfide) groups is 1. The van der Waals surface area contributed by atoms with Crippen LogP contribution in [-0.2, 0) is 4.79 Å². The maximum atomic E-state index is 12.7. The highest BCUT2D eigenvalue weighted by Gasteiger charge is 2.36. The lowest BCUT2D eigenvalue weighted by Crippen LogP contribution is -2.42. The van der Waals surface area contributed by atoms with Gasteiger partial charge >= 0.3 is 0 Å². The summed E-state index contributed by atoms with van der Waals surface area (Å²) in [6.45, 7) is 4.72. The van der Waals surface area contributed by atoms with E-state index in [9.17, 15) is 9.59 Å². The van der Waals surface area contributed by atoms with Crippen molar-refractivity contribution in [2.75, 3.05) is 33.5 Å². The van der Waals surface area contributed by atoms with Crippen LogP contribution >= 0.6 is 11.8 Å². The van der Waals surface area contributed by atoms with Crippen LogP contribution < -0.4 is 9.47 Å². The number of amides is 2. The molecule has 0 saturated carbocycles. The number of methoxy groups -OCH3 is 1. The summed E-state index contributed by atoms with van der Waals surface area (Å²) in [5.74, 6) is 1.04. The number of ether oxygens (including phenoxy) is 2. The molecule has 0 spiro atoms. The van der Waals surface area contributed by atoms with Gasteiger partial charge in [0.25, 0.3) is 11.1 Å². The van der Waals surface area contributed by atoms with Crippen molar-refractivity contribution in [1.82, 2.24) is 9.80 Å². The van der Waals surface area contributed by atoms with Gasteiger partial charge in [-0.2, -0.15) is 0 Å². The lowest BCUT2D eigenvalue weighted by atomic mass is 10.1. The summed E-state index contributed by atoms with van der Waals surface area (Å²) in [4.78, 5) is 28.9. The second kappa shape index (κ2) is 8.60. The van der Waals surface area contributed by atoms with Crippen molar-refractivity contribution in [2.45, 2.75) is 26.2 Å². The molecular formula is C19H24N2O4S. The third-order valence-corrected chi connectivity index (χ3v) is 5.36. The average molecular weight is 376 g/mol. The first kappa shape index (κ1) is 18.8. The predicted octanol–water partition coefficient (Wildman–Crippen LogP) is 3.57. The quantitative estimate of drug-likeness (QED) is 0.708. The normalized spacial score (nSPS) is 20.1. The highest BCUT2D eigenvalue weighted by molar-refractivity contribution is 8.18. The van der Waals surface area contributed by atoms with Gasteiger partial charge in [0, 0.05) is 0 Å². The average Bonchev–Trinajstić information content (AvgIpc) is 2.91. The Hall–Kier alpha value is -1.99. The Balaban J connectivity index is 1.74. The van der Waals surface area contributed by atoms with E-state index in [0.29, 0.717) is 29.7 Å². The molecule has 2 aliphatic heterocycles. The van der Waals surface area contributed by atoms with Crippen molar-refractivity contribution in [1.29, 1.82) is 0 Å². The molecule has 0 unspecified atom stereocenters. The van der Waals surface area contributed by atoms with Crippen LogP contribution in [0.15, 0.2) is 23.1 Å². The van der Waals surface area contributed by atoms with Crippen LogP contribution in [0, 0.1) is 0 Å². The van der Waals surface area contributed by atoms with Crippen LogP contribution in [0.1, 0.15) is 31.7 Å². The first-order valence-corrected chi connectivity index (χ1v) is 9.72. The van der Waals surface area contributed by atoms with Gasteiger partial charge in [-0.05, 0) is 68.4 Å². The first-order chi connectivity index (χ1) is 12.6. The zero-order chi connectivity index (χ0) is 18.5. The van der Waals surface area contributed by atoms with Crippen LogP contribution in [0.25, 0.3) is 6.08 Å². The molecule has 0 N–H and O–H groups in total. The molecule has 1 aromatic rings. The van der Waals surface area contributed by atoms with Gasteiger partial charge in [-0.25, -0.2) is 0 Å². The molecule has 0 radical (unpaired) electrons. The molecule has 2 fully saturated rings. The van der Waals surface area contributed by atoms with E-state index in [1.54, 1.807) is 13.2 Å². The molecule has 140 valence electrons. The number of imide groups is 1. The van der Waals surface area contributed by atoms with Crippen LogP contribution in [-0.4, -0.2) is 54.4 Å². The van der Waals surface area contributed by atoms with Gasteiger partial charge in [0.2, 0.25) is 0 Å². The molecular weight excluding hydrogens is 352 g/mol. The summed E-state index contributed by atoms with van der Waals surface area (Å²) in [5.41, 5.74) is 0.800. The van der Waals surface area contributed by atoms with Crippen molar-refractivity contribution >= 4 is 29.0 Å². The van der Waals surface area contributed by atoms with Crippen molar-refractivity contribution in [3.8, 4) is 11.5 Å². The van der Waals surface area contributed by atoms with E-state index < -0.39 is 0 Å². The molecule has 2 aliphatic rings. The first-order valence-electron chi connectivity index (χ1n) is 8.91. The minimum atomic E-state index is -0.224. The molecule has 1 aromatic carbocycles. The number of carbonyl (C=O) groups is 2. The molecule has 0 aliphatic carbocycles. The molecule has 0 aromatic heterocycles. The Kier molecular flexibility index (Phi) is 6.21. The zero-order valence-corrected chi connectivity index (χ0v) is 16.0. The Morgan fingerprint density at radius 2 is 1.92 bits per heavy atom. The number of hydrogen-bond donors (Lipinski definition) is 0. The molecule has 6 nitrogen and oxygen atoms in total. The number of rotatable bonds is 6. The third kappa shape index (κ3) is 4.22. The van der Waals surface area contributed by atoms with Gasteiger partial charge in [0.05, 0.1) is 25.3 Å². The van der Waals surface area contributed by atoms with Crippen LogP contribution in [0.5, 0.6) is 11.5 Å². The monoisotopic (exact) mass is 376 g/mol. The molecule has 7 heteroatoms. The van der Waals surface area contributed by atoms with Gasteiger partial charge in [-0.15, -0.1) is 0 Å². The van der Waals surface area contributed by atoms with Crippen molar-refractivity contribution in [3.63, 3.8) is 0 Å². The summed E-state index contributed by atoms with van der Waals surface area (Å²) in [5, 5.41) is -0.204. The number of hydrogen-bond acceptors (Lipinski definition) is 6. The highest BCUT2D eigenvalue weighted by Crippen LogP contribution is 2.34. The Morgan fingerprint density at radius 3 is 2.62 bits per heavy atom. The van der Waals surface area contributed by atoms with Gasteiger partial charge in [-0.1, -0.05) is 12.5 Å². The summed E-state index contributed by atoms with van der Waals surface area (Å²) in [6.07, 6.45) is 5.20. The SMILES string of the molecule is CCOc1ccc(C=C2SC(=O)N(CN3CCCCC3)C2=O)cc1OC.